The largest absolute Gasteiger partial charge is 0.326 e. The fraction of sp³-hybridized carbons (Fsp3) is 0.500. The Labute approximate surface area is 138 Å². The number of unbranched alkanes of at least 4 members (excludes halogenated alkanes) is 1. The number of hydrogen-bond acceptors (Lipinski definition) is 3. The number of nitrogens with zero attached hydrogens (tertiary/aromatic N) is 1. The molecule has 0 heterocycles. The lowest BCUT2D eigenvalue weighted by atomic mass is 10.1. The summed E-state index contributed by atoms with van der Waals surface area (Å²) in [5.41, 5.74) is 6.35. The Morgan fingerprint density at radius 3 is 2.43 bits per heavy atom. The van der Waals surface area contributed by atoms with Gasteiger partial charge in [-0.2, -0.15) is 5.10 Å². The SMILES string of the molecule is CCCC/C(C)=N\NC(=O)CCC(=O)Nc1ccc(C)cc1C. The van der Waals surface area contributed by atoms with E-state index in [9.17, 15) is 9.59 Å². The van der Waals surface area contributed by atoms with Crippen molar-refractivity contribution >= 4 is 23.2 Å². The smallest absolute Gasteiger partial charge is 0.240 e. The Morgan fingerprint density at radius 2 is 1.78 bits per heavy atom. The highest BCUT2D eigenvalue weighted by Crippen LogP contribution is 2.16. The predicted octanol–water partition coefficient (Wildman–Crippen LogP) is 3.70. The molecule has 0 bridgehead atoms. The van der Waals surface area contributed by atoms with Crippen LogP contribution in [0.5, 0.6) is 0 Å². The standard InChI is InChI=1S/C18H27N3O2/c1-5-6-7-15(4)20-21-18(23)11-10-17(22)19-16-9-8-13(2)12-14(16)3/h8-9,12H,5-7,10-11H2,1-4H3,(H,19,22)(H,21,23)/b20-15-. The maximum Gasteiger partial charge on any atom is 0.240 e. The number of nitrogens with one attached hydrogen (secondary N) is 2. The van der Waals surface area contributed by atoms with Gasteiger partial charge in [-0.1, -0.05) is 31.0 Å². The highest BCUT2D eigenvalue weighted by atomic mass is 16.2. The van der Waals surface area contributed by atoms with E-state index in [1.54, 1.807) is 0 Å². The van der Waals surface area contributed by atoms with Gasteiger partial charge < -0.3 is 5.32 Å². The van der Waals surface area contributed by atoms with Gasteiger partial charge in [-0.15, -0.1) is 0 Å². The first kappa shape index (κ1) is 18.9. The summed E-state index contributed by atoms with van der Waals surface area (Å²) in [5, 5.41) is 6.86. The highest BCUT2D eigenvalue weighted by Gasteiger charge is 2.08. The van der Waals surface area contributed by atoms with Crippen molar-refractivity contribution in [3.8, 4) is 0 Å². The average molecular weight is 317 g/mol. The van der Waals surface area contributed by atoms with Gasteiger partial charge in [0.2, 0.25) is 11.8 Å². The Kier molecular flexibility index (Phi) is 8.02. The molecule has 2 N–H and O–H groups in total. The first-order valence-corrected chi connectivity index (χ1v) is 8.11. The molecule has 0 aliphatic carbocycles. The molecule has 0 radical (unpaired) electrons. The number of benzene rings is 1. The van der Waals surface area contributed by atoms with Crippen molar-refractivity contribution in [3.63, 3.8) is 0 Å². The van der Waals surface area contributed by atoms with Crippen molar-refractivity contribution in [2.75, 3.05) is 5.32 Å². The third-order valence-corrected chi connectivity index (χ3v) is 3.50. The van der Waals surface area contributed by atoms with Crippen LogP contribution in [0.4, 0.5) is 5.69 Å². The zero-order valence-electron chi connectivity index (χ0n) is 14.5. The lowest BCUT2D eigenvalue weighted by molar-refractivity contribution is -0.124. The van der Waals surface area contributed by atoms with Crippen LogP contribution in [-0.4, -0.2) is 17.5 Å². The molecule has 5 heteroatoms. The maximum absolute atomic E-state index is 11.9. The van der Waals surface area contributed by atoms with Crippen LogP contribution in [0.3, 0.4) is 0 Å². The zero-order valence-corrected chi connectivity index (χ0v) is 14.5. The summed E-state index contributed by atoms with van der Waals surface area (Å²) in [5.74, 6) is -0.407. The fourth-order valence-corrected chi connectivity index (χ4v) is 2.10. The van der Waals surface area contributed by atoms with Crippen molar-refractivity contribution in [2.45, 2.75) is 59.8 Å². The van der Waals surface area contributed by atoms with Gasteiger partial charge in [-0.05, 0) is 45.2 Å². The van der Waals surface area contributed by atoms with Crippen LogP contribution in [0.15, 0.2) is 23.3 Å². The van der Waals surface area contributed by atoms with Crippen molar-refractivity contribution in [2.24, 2.45) is 5.10 Å². The van der Waals surface area contributed by atoms with Gasteiger partial charge in [-0.3, -0.25) is 9.59 Å². The average Bonchev–Trinajstić information content (AvgIpc) is 2.51. The van der Waals surface area contributed by atoms with E-state index in [0.29, 0.717) is 0 Å². The van der Waals surface area contributed by atoms with E-state index < -0.39 is 0 Å². The molecule has 0 saturated heterocycles. The number of aryl methyl sites for hydroxylation is 2. The molecule has 0 aliphatic rings. The molecule has 1 aromatic rings. The van der Waals surface area contributed by atoms with Gasteiger partial charge in [0, 0.05) is 24.2 Å². The van der Waals surface area contributed by atoms with E-state index in [1.807, 2.05) is 39.0 Å². The van der Waals surface area contributed by atoms with Gasteiger partial charge >= 0.3 is 0 Å². The number of hydrazone groups is 1. The number of anilines is 1. The molecule has 126 valence electrons. The molecule has 0 atom stereocenters. The monoisotopic (exact) mass is 317 g/mol. The molecule has 1 rings (SSSR count). The van der Waals surface area contributed by atoms with Gasteiger partial charge in [-0.25, -0.2) is 5.43 Å². The summed E-state index contributed by atoms with van der Waals surface area (Å²) in [6.45, 7) is 7.96. The number of carbonyl (C=O) groups excluding carboxylic acids is 2. The van der Waals surface area contributed by atoms with Crippen LogP contribution in [0.25, 0.3) is 0 Å². The van der Waals surface area contributed by atoms with Gasteiger partial charge in [0.15, 0.2) is 0 Å². The molecular weight excluding hydrogens is 290 g/mol. The van der Waals surface area contributed by atoms with Crippen LogP contribution >= 0.6 is 0 Å². The van der Waals surface area contributed by atoms with E-state index in [0.717, 1.165) is 41.8 Å². The number of carbonyl (C=O) groups is 2. The molecule has 0 unspecified atom stereocenters. The van der Waals surface area contributed by atoms with Crippen LogP contribution in [0.1, 0.15) is 57.1 Å². The van der Waals surface area contributed by atoms with Gasteiger partial charge in [0.05, 0.1) is 0 Å². The second kappa shape index (κ2) is 9.77. The lowest BCUT2D eigenvalue weighted by Gasteiger charge is -2.09. The summed E-state index contributed by atoms with van der Waals surface area (Å²) in [6, 6.07) is 5.84. The Morgan fingerprint density at radius 1 is 1.09 bits per heavy atom. The highest BCUT2D eigenvalue weighted by molar-refractivity contribution is 5.94. The molecule has 2 amide bonds. The van der Waals surface area contributed by atoms with E-state index in [-0.39, 0.29) is 24.7 Å². The van der Waals surface area contributed by atoms with E-state index in [4.69, 9.17) is 0 Å². The van der Waals surface area contributed by atoms with Crippen molar-refractivity contribution < 1.29 is 9.59 Å². The normalized spacial score (nSPS) is 11.2. The molecule has 5 nitrogen and oxygen atoms in total. The lowest BCUT2D eigenvalue weighted by Crippen LogP contribution is -2.21. The van der Waals surface area contributed by atoms with Crippen molar-refractivity contribution in [1.82, 2.24) is 5.43 Å². The first-order chi connectivity index (χ1) is 10.9. The number of rotatable bonds is 8. The summed E-state index contributed by atoms with van der Waals surface area (Å²) in [4.78, 5) is 23.6. The summed E-state index contributed by atoms with van der Waals surface area (Å²) in [7, 11) is 0. The number of amides is 2. The van der Waals surface area contributed by atoms with Gasteiger partial charge in [0.25, 0.3) is 0 Å². The van der Waals surface area contributed by atoms with E-state index >= 15 is 0 Å². The third kappa shape index (κ3) is 7.58. The molecule has 0 spiro atoms. The molecule has 1 aromatic carbocycles. The fourth-order valence-electron chi connectivity index (χ4n) is 2.10. The summed E-state index contributed by atoms with van der Waals surface area (Å²) < 4.78 is 0. The van der Waals surface area contributed by atoms with Crippen LogP contribution in [0, 0.1) is 13.8 Å². The molecule has 0 saturated carbocycles. The third-order valence-electron chi connectivity index (χ3n) is 3.50. The van der Waals surface area contributed by atoms with E-state index in [2.05, 4.69) is 22.8 Å². The summed E-state index contributed by atoms with van der Waals surface area (Å²) in [6.07, 6.45) is 3.30. The molecular formula is C18H27N3O2. The topological polar surface area (TPSA) is 70.6 Å². The quantitative estimate of drug-likeness (QED) is 0.567. The minimum absolute atomic E-state index is 0.126. The first-order valence-electron chi connectivity index (χ1n) is 8.11. The Bertz CT molecular complexity index is 580. The van der Waals surface area contributed by atoms with E-state index in [1.165, 1.54) is 0 Å². The van der Waals surface area contributed by atoms with Crippen molar-refractivity contribution in [3.05, 3.63) is 29.3 Å². The molecule has 0 fully saturated rings. The Hall–Kier alpha value is -2.17. The Balaban J connectivity index is 2.36. The molecule has 0 aliphatic heterocycles. The minimum atomic E-state index is -0.239. The second-order valence-electron chi connectivity index (χ2n) is 5.85. The predicted molar refractivity (Wildman–Crippen MR) is 94.6 cm³/mol. The molecule has 0 aromatic heterocycles. The van der Waals surface area contributed by atoms with Crippen LogP contribution in [-0.2, 0) is 9.59 Å². The summed E-state index contributed by atoms with van der Waals surface area (Å²) >= 11 is 0. The van der Waals surface area contributed by atoms with Crippen LogP contribution in [0.2, 0.25) is 0 Å². The molecule has 23 heavy (non-hydrogen) atoms. The maximum atomic E-state index is 11.9. The zero-order chi connectivity index (χ0) is 17.2. The van der Waals surface area contributed by atoms with Gasteiger partial charge in [0.1, 0.15) is 0 Å². The number of hydrogen-bond donors (Lipinski definition) is 2. The van der Waals surface area contributed by atoms with Crippen molar-refractivity contribution in [1.29, 1.82) is 0 Å². The van der Waals surface area contributed by atoms with Crippen LogP contribution < -0.4 is 10.7 Å². The minimum Gasteiger partial charge on any atom is -0.326 e. The second-order valence-corrected chi connectivity index (χ2v) is 5.85.